The van der Waals surface area contributed by atoms with E-state index in [9.17, 15) is 10.1 Å². The molecule has 0 saturated heterocycles. The van der Waals surface area contributed by atoms with E-state index in [2.05, 4.69) is 44.3 Å². The second kappa shape index (κ2) is 8.95. The van der Waals surface area contributed by atoms with Gasteiger partial charge in [-0.15, -0.1) is 11.3 Å². The molecule has 1 amide bonds. The molecule has 0 aliphatic carbocycles. The molecular weight excluding hydrogens is 438 g/mol. The molecule has 3 heterocycles. The molecule has 5 nitrogen and oxygen atoms in total. The third-order valence-corrected chi connectivity index (χ3v) is 6.67. The van der Waals surface area contributed by atoms with Gasteiger partial charge in [0.25, 0.3) is 5.91 Å². The van der Waals surface area contributed by atoms with E-state index >= 15 is 0 Å². The topological polar surface area (TPSA) is 78.9 Å². The predicted octanol–water partition coefficient (Wildman–Crippen LogP) is 7.08. The fraction of sp³-hybridized carbons (Fsp3) is 0.160. The van der Waals surface area contributed by atoms with Crippen LogP contribution in [0.25, 0.3) is 22.2 Å². The van der Waals surface area contributed by atoms with Gasteiger partial charge in [-0.05, 0) is 46.2 Å². The minimum absolute atomic E-state index is 0.0618. The number of aromatic nitrogens is 1. The van der Waals surface area contributed by atoms with Gasteiger partial charge >= 0.3 is 0 Å². The van der Waals surface area contributed by atoms with Crippen molar-refractivity contribution < 1.29 is 9.21 Å². The summed E-state index contributed by atoms with van der Waals surface area (Å²) in [5, 5.41) is 15.8. The van der Waals surface area contributed by atoms with Crippen molar-refractivity contribution in [2.45, 2.75) is 26.2 Å². The lowest BCUT2D eigenvalue weighted by atomic mass is 9.86. The largest absolute Gasteiger partial charge is 0.459 e. The lowest BCUT2D eigenvalue weighted by molar-refractivity contribution is 0.0997. The van der Waals surface area contributed by atoms with Crippen LogP contribution in [0.3, 0.4) is 0 Å². The number of rotatable bonds is 5. The van der Waals surface area contributed by atoms with Crippen LogP contribution >= 0.6 is 22.7 Å². The first-order valence-corrected chi connectivity index (χ1v) is 11.7. The molecule has 0 atom stereocenters. The Hall–Kier alpha value is -3.47. The van der Waals surface area contributed by atoms with Gasteiger partial charge in [0, 0.05) is 0 Å². The van der Waals surface area contributed by atoms with E-state index < -0.39 is 0 Å². The molecule has 1 aromatic carbocycles. The minimum atomic E-state index is -0.358. The predicted molar refractivity (Wildman–Crippen MR) is 131 cm³/mol. The summed E-state index contributed by atoms with van der Waals surface area (Å²) in [5.74, 6) is -0.143. The van der Waals surface area contributed by atoms with Crippen LogP contribution in [-0.4, -0.2) is 10.9 Å². The number of allylic oxidation sites excluding steroid dienone is 1. The van der Waals surface area contributed by atoms with Gasteiger partial charge in [0.15, 0.2) is 5.76 Å². The smallest absolute Gasteiger partial charge is 0.292 e. The number of hydrogen-bond acceptors (Lipinski definition) is 6. The first kappa shape index (κ1) is 21.8. The maximum absolute atomic E-state index is 12.5. The number of thiophene rings is 1. The number of nitrogens with zero attached hydrogens (tertiary/aromatic N) is 2. The Labute approximate surface area is 194 Å². The highest BCUT2D eigenvalue weighted by atomic mass is 32.1. The van der Waals surface area contributed by atoms with Crippen LogP contribution < -0.4 is 5.32 Å². The lowest BCUT2D eigenvalue weighted by Crippen LogP contribution is -2.10. The monoisotopic (exact) mass is 459 g/mol. The summed E-state index contributed by atoms with van der Waals surface area (Å²) in [6.45, 7) is 6.50. The molecule has 0 aliphatic rings. The van der Waals surface area contributed by atoms with Crippen LogP contribution in [0, 0.1) is 11.3 Å². The van der Waals surface area contributed by atoms with Crippen molar-refractivity contribution in [2.24, 2.45) is 0 Å². The van der Waals surface area contributed by atoms with E-state index in [1.807, 2.05) is 35.7 Å². The van der Waals surface area contributed by atoms with E-state index in [4.69, 9.17) is 9.40 Å². The molecule has 0 spiro atoms. The van der Waals surface area contributed by atoms with E-state index in [0.717, 1.165) is 10.4 Å². The highest BCUT2D eigenvalue weighted by molar-refractivity contribution is 7.19. The fourth-order valence-electron chi connectivity index (χ4n) is 3.06. The second-order valence-corrected chi connectivity index (χ2v) is 10.1. The van der Waals surface area contributed by atoms with Crippen LogP contribution in [0.2, 0.25) is 0 Å². The standard InChI is InChI=1S/C25H21N3O2S2/c1-25(2,3)18-10-8-16(9-11-18)14-17(15-26)23-27-21(20-7-5-13-31-20)24(32-23)28-22(29)19-6-4-12-30-19/h4-14H,1-3H3,(H,28,29)/b17-14-. The second-order valence-electron chi connectivity index (χ2n) is 8.15. The highest BCUT2D eigenvalue weighted by Gasteiger charge is 2.20. The number of carbonyl (C=O) groups excluding carboxylic acids is 1. The molecule has 3 aromatic heterocycles. The summed E-state index contributed by atoms with van der Waals surface area (Å²) < 4.78 is 5.20. The number of benzene rings is 1. The third-order valence-electron chi connectivity index (χ3n) is 4.79. The molecule has 0 fully saturated rings. The summed E-state index contributed by atoms with van der Waals surface area (Å²) >= 11 is 2.80. The van der Waals surface area contributed by atoms with Crippen molar-refractivity contribution in [3.05, 3.63) is 82.1 Å². The zero-order chi connectivity index (χ0) is 22.7. The number of anilines is 1. The fourth-order valence-corrected chi connectivity index (χ4v) is 4.79. The Bertz CT molecular complexity index is 1280. The lowest BCUT2D eigenvalue weighted by Gasteiger charge is -2.18. The molecular formula is C25H21N3O2S2. The number of nitrogens with one attached hydrogen (secondary N) is 1. The van der Waals surface area contributed by atoms with Gasteiger partial charge in [0.2, 0.25) is 0 Å². The first-order chi connectivity index (χ1) is 15.3. The molecule has 0 radical (unpaired) electrons. The Balaban J connectivity index is 1.69. The molecule has 4 rings (SSSR count). The minimum Gasteiger partial charge on any atom is -0.459 e. The SMILES string of the molecule is CC(C)(C)c1ccc(/C=C(/C#N)c2nc(-c3cccs3)c(NC(=O)c3ccco3)s2)cc1. The van der Waals surface area contributed by atoms with Crippen molar-refractivity contribution in [3.63, 3.8) is 0 Å². The van der Waals surface area contributed by atoms with Gasteiger partial charge < -0.3 is 9.73 Å². The van der Waals surface area contributed by atoms with Gasteiger partial charge in [0.05, 0.1) is 16.7 Å². The number of nitriles is 1. The Morgan fingerprint density at radius 1 is 1.16 bits per heavy atom. The van der Waals surface area contributed by atoms with Crippen molar-refractivity contribution in [2.75, 3.05) is 5.32 Å². The number of furan rings is 1. The van der Waals surface area contributed by atoms with Gasteiger partial charge in [-0.2, -0.15) is 5.26 Å². The van der Waals surface area contributed by atoms with Crippen LogP contribution in [-0.2, 0) is 5.41 Å². The Morgan fingerprint density at radius 2 is 1.94 bits per heavy atom. The number of thiazole rings is 1. The zero-order valence-electron chi connectivity index (χ0n) is 17.9. The molecule has 0 bridgehead atoms. The summed E-state index contributed by atoms with van der Waals surface area (Å²) in [6, 6.07) is 17.6. The van der Waals surface area contributed by atoms with Crippen molar-refractivity contribution in [1.29, 1.82) is 5.26 Å². The summed E-state index contributed by atoms with van der Waals surface area (Å²) in [4.78, 5) is 18.2. The first-order valence-electron chi connectivity index (χ1n) is 9.97. The molecule has 32 heavy (non-hydrogen) atoms. The number of amides is 1. The number of hydrogen-bond donors (Lipinski definition) is 1. The van der Waals surface area contributed by atoms with E-state index in [0.29, 0.717) is 21.3 Å². The van der Waals surface area contributed by atoms with E-state index in [1.54, 1.807) is 12.1 Å². The summed E-state index contributed by atoms with van der Waals surface area (Å²) in [6.07, 6.45) is 3.27. The summed E-state index contributed by atoms with van der Waals surface area (Å²) in [7, 11) is 0. The van der Waals surface area contributed by atoms with Gasteiger partial charge in [0.1, 0.15) is 21.8 Å². The molecule has 1 N–H and O–H groups in total. The molecule has 7 heteroatoms. The molecule has 0 aliphatic heterocycles. The van der Waals surface area contributed by atoms with Gasteiger partial charge in [-0.1, -0.05) is 62.4 Å². The molecule has 0 unspecified atom stereocenters. The third kappa shape index (κ3) is 4.72. The van der Waals surface area contributed by atoms with Crippen molar-refractivity contribution in [3.8, 4) is 16.6 Å². The Kier molecular flexibility index (Phi) is 6.08. The maximum Gasteiger partial charge on any atom is 0.292 e. The van der Waals surface area contributed by atoms with E-state index in [-0.39, 0.29) is 17.1 Å². The van der Waals surface area contributed by atoms with Gasteiger partial charge in [-0.3, -0.25) is 4.79 Å². The quantitative estimate of drug-likeness (QED) is 0.323. The number of carbonyl (C=O) groups is 1. The van der Waals surface area contributed by atoms with Crippen LogP contribution in [0.5, 0.6) is 0 Å². The Morgan fingerprint density at radius 3 is 2.53 bits per heavy atom. The molecule has 0 saturated carbocycles. The van der Waals surface area contributed by atoms with Crippen LogP contribution in [0.15, 0.2) is 64.6 Å². The van der Waals surface area contributed by atoms with Crippen LogP contribution in [0.1, 0.15) is 47.5 Å². The maximum atomic E-state index is 12.5. The average molecular weight is 460 g/mol. The van der Waals surface area contributed by atoms with Crippen molar-refractivity contribution in [1.82, 2.24) is 4.98 Å². The highest BCUT2D eigenvalue weighted by Crippen LogP contribution is 2.38. The van der Waals surface area contributed by atoms with Gasteiger partial charge in [-0.25, -0.2) is 4.98 Å². The van der Waals surface area contributed by atoms with Crippen LogP contribution in [0.4, 0.5) is 5.00 Å². The van der Waals surface area contributed by atoms with E-state index in [1.165, 1.54) is 34.5 Å². The zero-order valence-corrected chi connectivity index (χ0v) is 19.5. The van der Waals surface area contributed by atoms with Crippen molar-refractivity contribution >= 4 is 45.2 Å². The molecule has 160 valence electrons. The molecule has 4 aromatic rings. The normalized spacial score (nSPS) is 11.9. The summed E-state index contributed by atoms with van der Waals surface area (Å²) in [5.41, 5.74) is 3.29. The average Bonchev–Trinajstić information content (AvgIpc) is 3.53.